The van der Waals surface area contributed by atoms with Gasteiger partial charge in [-0.3, -0.25) is 0 Å². The molecular formula is C13H19BrN2O2S. The summed E-state index contributed by atoms with van der Waals surface area (Å²) >= 11 is 3.30. The molecule has 3 N–H and O–H groups in total. The van der Waals surface area contributed by atoms with Crippen LogP contribution in [0.15, 0.2) is 27.6 Å². The molecule has 1 unspecified atom stereocenters. The van der Waals surface area contributed by atoms with Crippen LogP contribution in [0.1, 0.15) is 25.3 Å². The predicted octanol–water partition coefficient (Wildman–Crippen LogP) is 2.23. The fourth-order valence-corrected chi connectivity index (χ4v) is 4.31. The Kier molecular flexibility index (Phi) is 4.66. The molecule has 0 radical (unpaired) electrons. The van der Waals surface area contributed by atoms with Gasteiger partial charge in [-0.1, -0.05) is 13.0 Å². The summed E-state index contributed by atoms with van der Waals surface area (Å²) in [4.78, 5) is 0.271. The predicted molar refractivity (Wildman–Crippen MR) is 79.1 cm³/mol. The average molecular weight is 347 g/mol. The van der Waals surface area contributed by atoms with E-state index in [4.69, 9.17) is 5.73 Å². The van der Waals surface area contributed by atoms with Crippen LogP contribution in [-0.4, -0.2) is 15.0 Å². The first-order valence-electron chi connectivity index (χ1n) is 6.42. The summed E-state index contributed by atoms with van der Waals surface area (Å²) in [5.41, 5.74) is 6.43. The van der Waals surface area contributed by atoms with Crippen LogP contribution in [-0.2, 0) is 16.6 Å². The maximum atomic E-state index is 12.2. The largest absolute Gasteiger partial charge is 0.326 e. The van der Waals surface area contributed by atoms with Gasteiger partial charge in [0, 0.05) is 17.6 Å². The van der Waals surface area contributed by atoms with Crippen molar-refractivity contribution in [3.8, 4) is 0 Å². The zero-order valence-electron chi connectivity index (χ0n) is 10.9. The molecule has 0 amide bonds. The van der Waals surface area contributed by atoms with Crippen molar-refractivity contribution >= 4 is 26.0 Å². The van der Waals surface area contributed by atoms with Gasteiger partial charge in [-0.25, -0.2) is 13.1 Å². The van der Waals surface area contributed by atoms with E-state index in [-0.39, 0.29) is 4.90 Å². The number of hydrogen-bond acceptors (Lipinski definition) is 3. The number of benzene rings is 1. The molecule has 2 rings (SSSR count). The third kappa shape index (κ3) is 3.78. The highest BCUT2D eigenvalue weighted by Crippen LogP contribution is 2.36. The van der Waals surface area contributed by atoms with Gasteiger partial charge in [0.05, 0.1) is 4.90 Å². The summed E-state index contributed by atoms with van der Waals surface area (Å²) in [6.45, 7) is 2.98. The number of hydrogen-bond donors (Lipinski definition) is 2. The zero-order chi connectivity index (χ0) is 14.0. The molecule has 0 spiro atoms. The second kappa shape index (κ2) is 5.91. The van der Waals surface area contributed by atoms with E-state index in [9.17, 15) is 8.42 Å². The van der Waals surface area contributed by atoms with Gasteiger partial charge in [0.25, 0.3) is 0 Å². The molecule has 1 aliphatic carbocycles. The summed E-state index contributed by atoms with van der Waals surface area (Å²) in [6, 6.07) is 5.08. The molecule has 0 bridgehead atoms. The molecule has 1 saturated carbocycles. The summed E-state index contributed by atoms with van der Waals surface area (Å²) in [5.74, 6) is 1.09. The number of nitrogens with two attached hydrogens (primary N) is 1. The van der Waals surface area contributed by atoms with Crippen LogP contribution in [0.5, 0.6) is 0 Å². The molecule has 1 fully saturated rings. The topological polar surface area (TPSA) is 72.2 Å². The number of sulfonamides is 1. The first-order chi connectivity index (χ1) is 8.94. The van der Waals surface area contributed by atoms with Crippen LogP contribution in [0, 0.1) is 11.8 Å². The van der Waals surface area contributed by atoms with E-state index in [2.05, 4.69) is 27.6 Å². The van der Waals surface area contributed by atoms with Crippen molar-refractivity contribution in [3.05, 3.63) is 28.2 Å². The summed E-state index contributed by atoms with van der Waals surface area (Å²) in [6.07, 6.45) is 2.44. The molecule has 19 heavy (non-hydrogen) atoms. The van der Waals surface area contributed by atoms with Crippen LogP contribution in [0.3, 0.4) is 0 Å². The molecule has 1 atom stereocenters. The van der Waals surface area contributed by atoms with E-state index in [1.54, 1.807) is 18.2 Å². The summed E-state index contributed by atoms with van der Waals surface area (Å²) in [5, 5.41) is 0. The molecule has 1 aromatic rings. The first kappa shape index (κ1) is 15.0. The summed E-state index contributed by atoms with van der Waals surface area (Å²) < 4.78 is 27.7. The third-order valence-electron chi connectivity index (χ3n) is 3.54. The van der Waals surface area contributed by atoms with Gasteiger partial charge in [0.2, 0.25) is 10.0 Å². The molecule has 1 aromatic carbocycles. The monoisotopic (exact) mass is 346 g/mol. The second-order valence-electron chi connectivity index (χ2n) is 5.14. The van der Waals surface area contributed by atoms with Gasteiger partial charge in [-0.05, 0) is 58.3 Å². The van der Waals surface area contributed by atoms with Crippen molar-refractivity contribution in [1.29, 1.82) is 0 Å². The Labute approximate surface area is 122 Å². The van der Waals surface area contributed by atoms with Crippen molar-refractivity contribution in [2.45, 2.75) is 31.2 Å². The van der Waals surface area contributed by atoms with Crippen LogP contribution < -0.4 is 10.5 Å². The number of rotatable bonds is 6. The van der Waals surface area contributed by atoms with Gasteiger partial charge < -0.3 is 5.73 Å². The molecule has 0 saturated heterocycles. The molecule has 106 valence electrons. The molecule has 0 aliphatic heterocycles. The molecule has 1 aliphatic rings. The SMILES string of the molecule is CC(CNS(=O)(=O)c1ccc(CN)cc1Br)C1CC1. The standard InChI is InChI=1S/C13H19BrN2O2S/c1-9(11-3-4-11)8-16-19(17,18)13-5-2-10(7-15)6-12(13)14/h2,5-6,9,11,16H,3-4,7-8,15H2,1H3. The highest BCUT2D eigenvalue weighted by Gasteiger charge is 2.29. The normalized spacial score (nSPS) is 17.4. The van der Waals surface area contributed by atoms with E-state index in [0.29, 0.717) is 29.4 Å². The van der Waals surface area contributed by atoms with Gasteiger partial charge in [0.15, 0.2) is 0 Å². The van der Waals surface area contributed by atoms with E-state index < -0.39 is 10.0 Å². The first-order valence-corrected chi connectivity index (χ1v) is 8.70. The Morgan fingerprint density at radius 1 is 1.47 bits per heavy atom. The minimum Gasteiger partial charge on any atom is -0.326 e. The molecule has 4 nitrogen and oxygen atoms in total. The molecule has 6 heteroatoms. The lowest BCUT2D eigenvalue weighted by Crippen LogP contribution is -2.29. The fraction of sp³-hybridized carbons (Fsp3) is 0.538. The van der Waals surface area contributed by atoms with E-state index in [1.807, 2.05) is 0 Å². The van der Waals surface area contributed by atoms with E-state index in [0.717, 1.165) is 5.56 Å². The Balaban J connectivity index is 2.09. The minimum absolute atomic E-state index is 0.271. The van der Waals surface area contributed by atoms with Gasteiger partial charge in [-0.15, -0.1) is 0 Å². The van der Waals surface area contributed by atoms with Crippen LogP contribution >= 0.6 is 15.9 Å². The number of nitrogens with one attached hydrogen (secondary N) is 1. The highest BCUT2D eigenvalue weighted by atomic mass is 79.9. The number of halogens is 1. The Morgan fingerprint density at radius 3 is 2.68 bits per heavy atom. The van der Waals surface area contributed by atoms with Crippen molar-refractivity contribution in [3.63, 3.8) is 0 Å². The highest BCUT2D eigenvalue weighted by molar-refractivity contribution is 9.10. The van der Waals surface area contributed by atoms with Gasteiger partial charge in [-0.2, -0.15) is 0 Å². The molecule has 0 heterocycles. The lowest BCUT2D eigenvalue weighted by Gasteiger charge is -2.13. The molecular weight excluding hydrogens is 328 g/mol. The smallest absolute Gasteiger partial charge is 0.241 e. The fourth-order valence-electron chi connectivity index (χ4n) is 2.04. The molecule has 0 aromatic heterocycles. The Hall–Kier alpha value is -0.430. The second-order valence-corrected chi connectivity index (χ2v) is 7.73. The zero-order valence-corrected chi connectivity index (χ0v) is 13.3. The van der Waals surface area contributed by atoms with E-state index >= 15 is 0 Å². The minimum atomic E-state index is -3.45. The van der Waals surface area contributed by atoms with Crippen molar-refractivity contribution in [2.75, 3.05) is 6.54 Å². The average Bonchev–Trinajstić information content (AvgIpc) is 3.19. The third-order valence-corrected chi connectivity index (χ3v) is 5.94. The van der Waals surface area contributed by atoms with E-state index in [1.165, 1.54) is 12.8 Å². The maximum Gasteiger partial charge on any atom is 0.241 e. The van der Waals surface area contributed by atoms with Crippen molar-refractivity contribution in [1.82, 2.24) is 4.72 Å². The van der Waals surface area contributed by atoms with Crippen LogP contribution in [0.25, 0.3) is 0 Å². The maximum absolute atomic E-state index is 12.2. The van der Waals surface area contributed by atoms with Crippen LogP contribution in [0.2, 0.25) is 0 Å². The summed E-state index contributed by atoms with van der Waals surface area (Å²) in [7, 11) is -3.45. The lowest BCUT2D eigenvalue weighted by molar-refractivity contribution is 0.491. The van der Waals surface area contributed by atoms with Crippen LogP contribution in [0.4, 0.5) is 0 Å². The Morgan fingerprint density at radius 2 is 2.16 bits per heavy atom. The van der Waals surface area contributed by atoms with Crippen molar-refractivity contribution in [2.24, 2.45) is 17.6 Å². The van der Waals surface area contributed by atoms with Gasteiger partial charge >= 0.3 is 0 Å². The lowest BCUT2D eigenvalue weighted by atomic mass is 10.1. The Bertz CT molecular complexity index is 556. The van der Waals surface area contributed by atoms with Crippen molar-refractivity contribution < 1.29 is 8.42 Å². The quantitative estimate of drug-likeness (QED) is 0.829. The van der Waals surface area contributed by atoms with Gasteiger partial charge in [0.1, 0.15) is 0 Å².